The van der Waals surface area contributed by atoms with E-state index in [1.54, 1.807) is 12.1 Å². The smallest absolute Gasteiger partial charge is 0.365 e. The van der Waals surface area contributed by atoms with Gasteiger partial charge in [-0.15, -0.1) is 11.3 Å². The molecule has 0 radical (unpaired) electrons. The van der Waals surface area contributed by atoms with Gasteiger partial charge in [0.1, 0.15) is 5.69 Å². The maximum absolute atomic E-state index is 11.7. The molecule has 0 aliphatic heterocycles. The van der Waals surface area contributed by atoms with Crippen LogP contribution in [0.2, 0.25) is 0 Å². The molecule has 0 saturated heterocycles. The van der Waals surface area contributed by atoms with Crippen LogP contribution in [-0.4, -0.2) is 27.0 Å². The summed E-state index contributed by atoms with van der Waals surface area (Å²) < 4.78 is 0. The van der Waals surface area contributed by atoms with Gasteiger partial charge in [0.05, 0.1) is 11.9 Å². The Morgan fingerprint density at radius 3 is 2.72 bits per heavy atom. The fourth-order valence-electron chi connectivity index (χ4n) is 1.21. The number of carbonyl (C=O) groups excluding carboxylic acids is 1. The number of rotatable bonds is 3. The summed E-state index contributed by atoms with van der Waals surface area (Å²) in [4.78, 5) is 30.1. The number of aromatic carboxylic acids is 1. The predicted octanol–water partition coefficient (Wildman–Crippen LogP) is 1.80. The highest BCUT2D eigenvalue weighted by molar-refractivity contribution is 7.11. The first-order valence-corrected chi connectivity index (χ1v) is 5.87. The van der Waals surface area contributed by atoms with E-state index in [4.69, 9.17) is 5.11 Å². The standard InChI is InChI=1S/C11H9N3O3S/c1-6-2-3-7(4-12-6)13-9(15)8-5-18-10(14-8)11(16)17/h2-5H,1H3,(H,13,15)(H,16,17). The third kappa shape index (κ3) is 2.69. The Bertz CT molecular complexity index is 592. The lowest BCUT2D eigenvalue weighted by Crippen LogP contribution is -2.13. The van der Waals surface area contributed by atoms with E-state index in [9.17, 15) is 9.59 Å². The van der Waals surface area contributed by atoms with Crippen LogP contribution in [0.5, 0.6) is 0 Å². The number of anilines is 1. The van der Waals surface area contributed by atoms with Gasteiger partial charge in [0.25, 0.3) is 5.91 Å². The van der Waals surface area contributed by atoms with Crippen LogP contribution in [0.3, 0.4) is 0 Å². The van der Waals surface area contributed by atoms with Gasteiger partial charge < -0.3 is 10.4 Å². The number of thiazole rings is 1. The molecule has 18 heavy (non-hydrogen) atoms. The van der Waals surface area contributed by atoms with Crippen molar-refractivity contribution >= 4 is 28.9 Å². The molecule has 1 amide bonds. The average Bonchev–Trinajstić information content (AvgIpc) is 2.81. The molecule has 0 aliphatic rings. The van der Waals surface area contributed by atoms with Gasteiger partial charge in [-0.05, 0) is 19.1 Å². The van der Waals surface area contributed by atoms with Crippen LogP contribution in [0, 0.1) is 6.92 Å². The molecule has 0 aliphatic carbocycles. The molecule has 2 aromatic heterocycles. The Morgan fingerprint density at radius 2 is 2.17 bits per heavy atom. The first-order valence-electron chi connectivity index (χ1n) is 4.99. The minimum Gasteiger partial charge on any atom is -0.476 e. The summed E-state index contributed by atoms with van der Waals surface area (Å²) in [7, 11) is 0. The summed E-state index contributed by atoms with van der Waals surface area (Å²) in [6, 6.07) is 3.48. The van der Waals surface area contributed by atoms with Crippen molar-refractivity contribution in [3.8, 4) is 0 Å². The summed E-state index contributed by atoms with van der Waals surface area (Å²) in [5.74, 6) is -1.60. The molecule has 0 bridgehead atoms. The molecule has 0 spiro atoms. The lowest BCUT2D eigenvalue weighted by Gasteiger charge is -2.02. The molecule has 0 fully saturated rings. The number of aromatic nitrogens is 2. The van der Waals surface area contributed by atoms with Crippen molar-refractivity contribution in [3.05, 3.63) is 40.1 Å². The quantitative estimate of drug-likeness (QED) is 0.880. The minimum atomic E-state index is -1.14. The first kappa shape index (κ1) is 12.2. The third-order valence-electron chi connectivity index (χ3n) is 2.09. The summed E-state index contributed by atoms with van der Waals surface area (Å²) in [6.45, 7) is 1.84. The first-order chi connectivity index (χ1) is 8.56. The number of hydrogen-bond acceptors (Lipinski definition) is 5. The van der Waals surface area contributed by atoms with Gasteiger partial charge in [-0.3, -0.25) is 9.78 Å². The topological polar surface area (TPSA) is 92.2 Å². The number of nitrogens with one attached hydrogen (secondary N) is 1. The summed E-state index contributed by atoms with van der Waals surface area (Å²) in [5, 5.41) is 12.6. The van der Waals surface area contributed by atoms with E-state index in [0.29, 0.717) is 5.69 Å². The molecule has 0 saturated carbocycles. The number of nitrogens with zero attached hydrogens (tertiary/aromatic N) is 2. The Labute approximate surface area is 106 Å². The van der Waals surface area contributed by atoms with E-state index in [1.807, 2.05) is 6.92 Å². The number of carbonyl (C=O) groups is 2. The molecule has 2 rings (SSSR count). The highest BCUT2D eigenvalue weighted by Gasteiger charge is 2.14. The lowest BCUT2D eigenvalue weighted by atomic mass is 10.3. The molecule has 2 N–H and O–H groups in total. The monoisotopic (exact) mass is 263 g/mol. The number of amides is 1. The van der Waals surface area contributed by atoms with Crippen LogP contribution in [-0.2, 0) is 0 Å². The normalized spacial score (nSPS) is 10.1. The van der Waals surface area contributed by atoms with Crippen LogP contribution < -0.4 is 5.32 Å². The second-order valence-electron chi connectivity index (χ2n) is 3.49. The molecule has 0 unspecified atom stereocenters. The maximum Gasteiger partial charge on any atom is 0.365 e. The molecular formula is C11H9N3O3S. The molecule has 7 heteroatoms. The van der Waals surface area contributed by atoms with Gasteiger partial charge in [0, 0.05) is 11.1 Å². The summed E-state index contributed by atoms with van der Waals surface area (Å²) >= 11 is 0.912. The second-order valence-corrected chi connectivity index (χ2v) is 4.34. The molecular weight excluding hydrogens is 254 g/mol. The molecule has 0 aromatic carbocycles. The Kier molecular flexibility index (Phi) is 3.33. The van der Waals surface area contributed by atoms with Crippen molar-refractivity contribution in [2.24, 2.45) is 0 Å². The SMILES string of the molecule is Cc1ccc(NC(=O)c2csc(C(=O)O)n2)cn1. The number of aryl methyl sites for hydroxylation is 1. The van der Waals surface area contributed by atoms with Crippen LogP contribution in [0.15, 0.2) is 23.7 Å². The molecule has 2 heterocycles. The Morgan fingerprint density at radius 1 is 1.39 bits per heavy atom. The maximum atomic E-state index is 11.7. The highest BCUT2D eigenvalue weighted by atomic mass is 32.1. The van der Waals surface area contributed by atoms with Crippen molar-refractivity contribution in [2.45, 2.75) is 6.92 Å². The Hall–Kier alpha value is -2.28. The minimum absolute atomic E-state index is 0.0815. The van der Waals surface area contributed by atoms with E-state index < -0.39 is 11.9 Å². The zero-order chi connectivity index (χ0) is 13.1. The van der Waals surface area contributed by atoms with E-state index in [2.05, 4.69) is 15.3 Å². The van der Waals surface area contributed by atoms with Gasteiger partial charge in [-0.2, -0.15) is 0 Å². The number of hydrogen-bond donors (Lipinski definition) is 2. The van der Waals surface area contributed by atoms with E-state index in [0.717, 1.165) is 17.0 Å². The lowest BCUT2D eigenvalue weighted by molar-refractivity contribution is 0.0696. The van der Waals surface area contributed by atoms with E-state index in [-0.39, 0.29) is 10.7 Å². The summed E-state index contributed by atoms with van der Waals surface area (Å²) in [6.07, 6.45) is 1.53. The van der Waals surface area contributed by atoms with Crippen molar-refractivity contribution in [1.82, 2.24) is 9.97 Å². The zero-order valence-corrected chi connectivity index (χ0v) is 10.2. The van der Waals surface area contributed by atoms with Gasteiger partial charge >= 0.3 is 5.97 Å². The molecule has 92 valence electrons. The van der Waals surface area contributed by atoms with Crippen LogP contribution in [0.4, 0.5) is 5.69 Å². The Balaban J connectivity index is 2.11. The van der Waals surface area contributed by atoms with Gasteiger partial charge in [-0.1, -0.05) is 0 Å². The van der Waals surface area contributed by atoms with E-state index >= 15 is 0 Å². The van der Waals surface area contributed by atoms with Gasteiger partial charge in [-0.25, -0.2) is 9.78 Å². The fraction of sp³-hybridized carbons (Fsp3) is 0.0909. The molecule has 0 atom stereocenters. The number of pyridine rings is 1. The van der Waals surface area contributed by atoms with Gasteiger partial charge in [0.2, 0.25) is 5.01 Å². The average molecular weight is 263 g/mol. The number of carboxylic acids is 1. The fourth-order valence-corrected chi connectivity index (χ4v) is 1.85. The van der Waals surface area contributed by atoms with Crippen molar-refractivity contribution < 1.29 is 14.7 Å². The van der Waals surface area contributed by atoms with Crippen molar-refractivity contribution in [1.29, 1.82) is 0 Å². The van der Waals surface area contributed by atoms with E-state index in [1.165, 1.54) is 11.6 Å². The van der Waals surface area contributed by atoms with Crippen LogP contribution in [0.25, 0.3) is 0 Å². The highest BCUT2D eigenvalue weighted by Crippen LogP contribution is 2.12. The molecule has 6 nitrogen and oxygen atoms in total. The van der Waals surface area contributed by atoms with Crippen molar-refractivity contribution in [2.75, 3.05) is 5.32 Å². The van der Waals surface area contributed by atoms with Crippen LogP contribution >= 0.6 is 11.3 Å². The largest absolute Gasteiger partial charge is 0.476 e. The number of carboxylic acid groups (broad SMARTS) is 1. The van der Waals surface area contributed by atoms with Gasteiger partial charge in [0.15, 0.2) is 0 Å². The second kappa shape index (κ2) is 4.92. The van der Waals surface area contributed by atoms with Crippen LogP contribution in [0.1, 0.15) is 26.0 Å². The molecule has 2 aromatic rings. The summed E-state index contributed by atoms with van der Waals surface area (Å²) in [5.41, 5.74) is 1.46. The zero-order valence-electron chi connectivity index (χ0n) is 9.38. The van der Waals surface area contributed by atoms with Crippen molar-refractivity contribution in [3.63, 3.8) is 0 Å². The third-order valence-corrected chi connectivity index (χ3v) is 2.92. The predicted molar refractivity (Wildman–Crippen MR) is 66.0 cm³/mol.